The molecule has 10 heteroatoms. The number of aromatic nitrogens is 2. The van der Waals surface area contributed by atoms with Crippen LogP contribution in [0.15, 0.2) is 63.7 Å². The van der Waals surface area contributed by atoms with Crippen LogP contribution in [0.1, 0.15) is 11.3 Å². The second kappa shape index (κ2) is 7.14. The molecular weight excluding hydrogens is 407 g/mol. The SMILES string of the molecule is COc1cc(CC2=NC3C(Cl)=CC(C(F)(F)F)=C[N+]3=N2)ccc1-n1cnc(C)c1. The standard InChI is InChI=1S/C19H16ClF3N5O/c1-11-8-27(10-24-11)15-4-3-12(5-16(15)29-2)6-17-25-18-14(20)7-13(19(21,22)23)9-28(18)26-17/h3-5,7-10,18H,6H2,1-2H3/q+1. The Morgan fingerprint density at radius 1 is 1.31 bits per heavy atom. The molecule has 1 atom stereocenters. The Bertz CT molecular complexity index is 1100. The largest absolute Gasteiger partial charge is 0.495 e. The highest BCUT2D eigenvalue weighted by Crippen LogP contribution is 2.34. The molecule has 2 aliphatic rings. The lowest BCUT2D eigenvalue weighted by Crippen LogP contribution is -2.23. The van der Waals surface area contributed by atoms with Crippen molar-refractivity contribution in [3.63, 3.8) is 0 Å². The highest BCUT2D eigenvalue weighted by atomic mass is 35.5. The maximum Gasteiger partial charge on any atom is 0.422 e. The van der Waals surface area contributed by atoms with E-state index in [1.165, 1.54) is 0 Å². The Labute approximate surface area is 169 Å². The molecule has 0 saturated carbocycles. The van der Waals surface area contributed by atoms with E-state index in [1.54, 1.807) is 13.4 Å². The molecule has 0 N–H and O–H groups in total. The zero-order valence-corrected chi connectivity index (χ0v) is 16.2. The molecular formula is C19H16ClF3N5O+. The molecule has 3 heterocycles. The Morgan fingerprint density at radius 2 is 2.10 bits per heavy atom. The number of fused-ring (bicyclic) bond motifs is 1. The minimum absolute atomic E-state index is 0.0259. The van der Waals surface area contributed by atoms with Gasteiger partial charge in [0.05, 0.1) is 24.8 Å². The van der Waals surface area contributed by atoms with Gasteiger partial charge in [0.2, 0.25) is 12.0 Å². The fraction of sp³-hybridized carbons (Fsp3) is 0.263. The number of imidazole rings is 1. The molecule has 1 aromatic carbocycles. The normalized spacial score (nSPS) is 18.6. The van der Waals surface area contributed by atoms with Gasteiger partial charge >= 0.3 is 12.3 Å². The van der Waals surface area contributed by atoms with Gasteiger partial charge < -0.3 is 9.30 Å². The Kier molecular flexibility index (Phi) is 4.77. The van der Waals surface area contributed by atoms with E-state index >= 15 is 0 Å². The van der Waals surface area contributed by atoms with Crippen LogP contribution in [0.25, 0.3) is 5.69 Å². The smallest absolute Gasteiger partial charge is 0.422 e. The molecule has 0 spiro atoms. The number of amidine groups is 1. The number of benzene rings is 1. The summed E-state index contributed by atoms with van der Waals surface area (Å²) in [5.41, 5.74) is 1.69. The van der Waals surface area contributed by atoms with Crippen molar-refractivity contribution in [2.75, 3.05) is 7.11 Å². The second-order valence-electron chi connectivity index (χ2n) is 6.62. The van der Waals surface area contributed by atoms with Gasteiger partial charge in [-0.25, -0.2) is 4.98 Å². The van der Waals surface area contributed by atoms with Crippen LogP contribution in [-0.4, -0.2) is 39.5 Å². The second-order valence-corrected chi connectivity index (χ2v) is 7.05. The van der Waals surface area contributed by atoms with Gasteiger partial charge in [-0.2, -0.15) is 18.2 Å². The van der Waals surface area contributed by atoms with Crippen molar-refractivity contribution in [2.24, 2.45) is 10.1 Å². The Balaban J connectivity index is 1.59. The van der Waals surface area contributed by atoms with Crippen LogP contribution in [-0.2, 0) is 6.42 Å². The number of alkyl halides is 3. The molecule has 0 bridgehead atoms. The van der Waals surface area contributed by atoms with Crippen LogP contribution in [0.4, 0.5) is 13.2 Å². The van der Waals surface area contributed by atoms with E-state index in [1.807, 2.05) is 35.9 Å². The fourth-order valence-corrected chi connectivity index (χ4v) is 3.39. The first kappa shape index (κ1) is 19.4. The van der Waals surface area contributed by atoms with Gasteiger partial charge in [0, 0.05) is 17.7 Å². The van der Waals surface area contributed by atoms with Gasteiger partial charge in [-0.3, -0.25) is 0 Å². The van der Waals surface area contributed by atoms with E-state index in [-0.39, 0.29) is 5.03 Å². The van der Waals surface area contributed by atoms with Crippen LogP contribution in [0.5, 0.6) is 5.75 Å². The first-order valence-corrected chi connectivity index (χ1v) is 9.03. The first-order valence-electron chi connectivity index (χ1n) is 8.65. The summed E-state index contributed by atoms with van der Waals surface area (Å²) in [6, 6.07) is 5.61. The number of halogens is 4. The van der Waals surface area contributed by atoms with Crippen molar-refractivity contribution < 1.29 is 22.6 Å². The van der Waals surface area contributed by atoms with Crippen molar-refractivity contribution in [3.8, 4) is 11.4 Å². The van der Waals surface area contributed by atoms with E-state index < -0.39 is 17.9 Å². The monoisotopic (exact) mass is 422 g/mol. The number of rotatable bonds is 4. The zero-order valence-electron chi connectivity index (χ0n) is 15.5. The lowest BCUT2D eigenvalue weighted by molar-refractivity contribution is -0.544. The van der Waals surface area contributed by atoms with Crippen LogP contribution >= 0.6 is 11.6 Å². The average molecular weight is 423 g/mol. The van der Waals surface area contributed by atoms with Crippen LogP contribution in [0.2, 0.25) is 0 Å². The van der Waals surface area contributed by atoms with Gasteiger partial charge in [0.1, 0.15) is 16.4 Å². The maximum atomic E-state index is 13.0. The lowest BCUT2D eigenvalue weighted by atomic mass is 10.1. The predicted molar refractivity (Wildman–Crippen MR) is 101 cm³/mol. The molecule has 4 rings (SSSR count). The van der Waals surface area contributed by atoms with E-state index in [0.717, 1.165) is 33.9 Å². The number of azo groups is 2. The number of methoxy groups -OCH3 is 1. The van der Waals surface area contributed by atoms with Crippen molar-refractivity contribution in [3.05, 3.63) is 64.9 Å². The third kappa shape index (κ3) is 3.82. The summed E-state index contributed by atoms with van der Waals surface area (Å²) in [7, 11) is 1.57. The van der Waals surface area contributed by atoms with E-state index in [4.69, 9.17) is 16.3 Å². The molecule has 6 nitrogen and oxygen atoms in total. The third-order valence-corrected chi connectivity index (χ3v) is 4.79. The topological polar surface area (TPSA) is 54.8 Å². The molecule has 150 valence electrons. The summed E-state index contributed by atoms with van der Waals surface area (Å²) in [5.74, 6) is 1.02. The minimum Gasteiger partial charge on any atom is -0.495 e. The summed E-state index contributed by atoms with van der Waals surface area (Å²) in [4.78, 5) is 8.56. The van der Waals surface area contributed by atoms with E-state index in [0.29, 0.717) is 18.0 Å². The van der Waals surface area contributed by atoms with Gasteiger partial charge in [-0.05, 0) is 30.7 Å². The Hall–Kier alpha value is -2.94. The summed E-state index contributed by atoms with van der Waals surface area (Å²) < 4.78 is 47.4. The van der Waals surface area contributed by atoms with Crippen LogP contribution in [0.3, 0.4) is 0 Å². The minimum atomic E-state index is -4.50. The molecule has 1 aromatic heterocycles. The lowest BCUT2D eigenvalue weighted by Gasteiger charge is -2.11. The summed E-state index contributed by atoms with van der Waals surface area (Å²) in [6.07, 6.45) is 0.441. The zero-order chi connectivity index (χ0) is 20.8. The molecule has 0 saturated heterocycles. The number of aliphatic imine (C=N–C) groups is 1. The predicted octanol–water partition coefficient (Wildman–Crippen LogP) is 4.52. The quantitative estimate of drug-likeness (QED) is 0.680. The van der Waals surface area contributed by atoms with Crippen molar-refractivity contribution in [1.82, 2.24) is 9.55 Å². The van der Waals surface area contributed by atoms with Crippen LogP contribution in [0, 0.1) is 6.92 Å². The summed E-state index contributed by atoms with van der Waals surface area (Å²) >= 11 is 6.01. The number of ether oxygens (including phenoxy) is 1. The molecule has 2 aromatic rings. The molecule has 0 aliphatic carbocycles. The molecule has 0 amide bonds. The van der Waals surface area contributed by atoms with Gasteiger partial charge in [-0.15, -0.1) is 0 Å². The number of aryl methyl sites for hydroxylation is 1. The van der Waals surface area contributed by atoms with Crippen molar-refractivity contribution in [2.45, 2.75) is 25.7 Å². The molecule has 0 fully saturated rings. The number of hydrogen-bond donors (Lipinski definition) is 0. The first-order chi connectivity index (χ1) is 13.7. The third-order valence-electron chi connectivity index (χ3n) is 4.49. The highest BCUT2D eigenvalue weighted by Gasteiger charge is 2.43. The van der Waals surface area contributed by atoms with Gasteiger partial charge in [-0.1, -0.05) is 22.4 Å². The molecule has 29 heavy (non-hydrogen) atoms. The highest BCUT2D eigenvalue weighted by molar-refractivity contribution is 6.30. The number of hydrogen-bond acceptors (Lipinski definition) is 4. The van der Waals surface area contributed by atoms with Crippen molar-refractivity contribution >= 4 is 17.4 Å². The summed E-state index contributed by atoms with van der Waals surface area (Å²) in [5, 5.41) is 4.16. The number of nitrogens with zero attached hydrogens (tertiary/aromatic N) is 5. The molecule has 0 radical (unpaired) electrons. The molecule has 2 aliphatic heterocycles. The number of allylic oxidation sites excluding steroid dienone is 2. The van der Waals surface area contributed by atoms with E-state index in [9.17, 15) is 13.2 Å². The van der Waals surface area contributed by atoms with E-state index in [2.05, 4.69) is 15.1 Å². The van der Waals surface area contributed by atoms with Gasteiger partial charge in [0.15, 0.2) is 0 Å². The Morgan fingerprint density at radius 3 is 2.76 bits per heavy atom. The van der Waals surface area contributed by atoms with Crippen LogP contribution < -0.4 is 4.74 Å². The van der Waals surface area contributed by atoms with Gasteiger partial charge in [0.25, 0.3) is 0 Å². The van der Waals surface area contributed by atoms with Crippen molar-refractivity contribution in [1.29, 1.82) is 0 Å². The fourth-order valence-electron chi connectivity index (χ4n) is 3.12. The average Bonchev–Trinajstić information content (AvgIpc) is 3.27. The maximum absolute atomic E-state index is 13.0. The molecule has 1 unspecified atom stereocenters. The summed E-state index contributed by atoms with van der Waals surface area (Å²) in [6.45, 7) is 1.89.